The van der Waals surface area contributed by atoms with E-state index >= 15 is 0 Å². The Kier molecular flexibility index (Phi) is 6.72. The van der Waals surface area contributed by atoms with E-state index in [9.17, 15) is 4.79 Å². The average Bonchev–Trinajstić information content (AvgIpc) is 2.40. The van der Waals surface area contributed by atoms with Crippen molar-refractivity contribution in [1.82, 2.24) is 0 Å². The Morgan fingerprint density at radius 2 is 1.24 bits per heavy atom. The lowest BCUT2D eigenvalue weighted by atomic mass is 9.72. The predicted molar refractivity (Wildman–Crippen MR) is 115 cm³/mol. The number of carbonyl (C=O) groups excluding carboxylic acids is 1. The van der Waals surface area contributed by atoms with Crippen LogP contribution in [0.25, 0.3) is 0 Å². The average molecular weight is 363 g/mol. The van der Waals surface area contributed by atoms with Gasteiger partial charge >= 0.3 is 0 Å². The highest BCUT2D eigenvalue weighted by atomic mass is 31.1. The fraction of sp³-hybridized carbons (Fsp3) is 0.696. The van der Waals surface area contributed by atoms with Crippen LogP contribution < -0.4 is 0 Å². The molecule has 0 aliphatic heterocycles. The standard InChI is InChI=1S/C23H39OP/c1-15(2)14-25-20(24)19-17(22(6,7)8)12-16(21(3,4)5)13-18(19)23(9,10)11/h12-13,15,25H,14H2,1-11H3. The van der Waals surface area contributed by atoms with E-state index in [4.69, 9.17) is 0 Å². The quantitative estimate of drug-likeness (QED) is 0.524. The summed E-state index contributed by atoms with van der Waals surface area (Å²) in [6.45, 7) is 24.5. The van der Waals surface area contributed by atoms with Gasteiger partial charge < -0.3 is 0 Å². The monoisotopic (exact) mass is 362 g/mol. The molecule has 0 saturated carbocycles. The highest BCUT2D eigenvalue weighted by molar-refractivity contribution is 7.58. The molecule has 1 aromatic carbocycles. The number of rotatable bonds is 4. The van der Waals surface area contributed by atoms with Gasteiger partial charge in [-0.05, 0) is 53.6 Å². The highest BCUT2D eigenvalue weighted by Crippen LogP contribution is 2.40. The minimum atomic E-state index is -0.0471. The summed E-state index contributed by atoms with van der Waals surface area (Å²) in [5.41, 5.74) is 5.06. The maximum atomic E-state index is 13.3. The van der Waals surface area contributed by atoms with Crippen molar-refractivity contribution in [1.29, 1.82) is 0 Å². The Labute approximate surface area is 158 Å². The molecule has 0 aliphatic rings. The second-order valence-corrected chi connectivity index (χ2v) is 12.0. The van der Waals surface area contributed by atoms with Crippen molar-refractivity contribution in [2.24, 2.45) is 5.92 Å². The first-order valence-electron chi connectivity index (χ1n) is 9.53. The van der Waals surface area contributed by atoms with Gasteiger partial charge in [-0.25, -0.2) is 0 Å². The van der Waals surface area contributed by atoms with Crippen LogP contribution in [0.1, 0.15) is 103 Å². The van der Waals surface area contributed by atoms with E-state index < -0.39 is 0 Å². The summed E-state index contributed by atoms with van der Waals surface area (Å²) in [5.74, 6) is 0.562. The topological polar surface area (TPSA) is 17.1 Å². The molecule has 0 heterocycles. The first-order valence-corrected chi connectivity index (χ1v) is 10.7. The van der Waals surface area contributed by atoms with Gasteiger partial charge in [0.25, 0.3) is 0 Å². The fourth-order valence-electron chi connectivity index (χ4n) is 2.89. The third-order valence-corrected chi connectivity index (χ3v) is 6.11. The smallest absolute Gasteiger partial charge is 0.181 e. The molecule has 0 amide bonds. The molecule has 1 atom stereocenters. The Morgan fingerprint density at radius 3 is 1.52 bits per heavy atom. The van der Waals surface area contributed by atoms with Crippen molar-refractivity contribution in [2.75, 3.05) is 6.16 Å². The molecule has 25 heavy (non-hydrogen) atoms. The van der Waals surface area contributed by atoms with Gasteiger partial charge in [0.05, 0.1) is 0 Å². The maximum Gasteiger partial charge on any atom is 0.181 e. The largest absolute Gasteiger partial charge is 0.289 e. The normalized spacial score (nSPS) is 13.9. The molecule has 0 bridgehead atoms. The van der Waals surface area contributed by atoms with Crippen LogP contribution in [0.2, 0.25) is 0 Å². The lowest BCUT2D eigenvalue weighted by molar-refractivity contribution is 0.108. The van der Waals surface area contributed by atoms with Crippen molar-refractivity contribution in [2.45, 2.75) is 92.4 Å². The summed E-state index contributed by atoms with van der Waals surface area (Å²) in [6.07, 6.45) is 0.979. The molecule has 1 rings (SSSR count). The fourth-order valence-corrected chi connectivity index (χ4v) is 3.93. The van der Waals surface area contributed by atoms with Crippen LogP contribution in [0, 0.1) is 5.92 Å². The molecule has 1 aromatic rings. The minimum Gasteiger partial charge on any atom is -0.289 e. The third-order valence-electron chi connectivity index (χ3n) is 4.52. The van der Waals surface area contributed by atoms with Crippen molar-refractivity contribution in [3.63, 3.8) is 0 Å². The van der Waals surface area contributed by atoms with E-state index in [1.807, 2.05) is 0 Å². The molecule has 0 radical (unpaired) electrons. The number of benzene rings is 1. The Balaban J connectivity index is 3.73. The van der Waals surface area contributed by atoms with E-state index in [1.165, 1.54) is 16.7 Å². The third kappa shape index (κ3) is 5.92. The first-order chi connectivity index (χ1) is 11.0. The van der Waals surface area contributed by atoms with Gasteiger partial charge in [0.15, 0.2) is 5.52 Å². The van der Waals surface area contributed by atoms with Crippen LogP contribution in [-0.4, -0.2) is 11.7 Å². The van der Waals surface area contributed by atoms with Crippen LogP contribution in [0.3, 0.4) is 0 Å². The number of hydrogen-bond acceptors (Lipinski definition) is 1. The SMILES string of the molecule is CC(C)CPC(=O)c1c(C(C)(C)C)cc(C(C)(C)C)cc1C(C)(C)C. The van der Waals surface area contributed by atoms with Crippen LogP contribution in [0.5, 0.6) is 0 Å². The number of carbonyl (C=O) groups is 1. The molecule has 0 aliphatic carbocycles. The predicted octanol–water partition coefficient (Wildman–Crippen LogP) is 7.05. The van der Waals surface area contributed by atoms with E-state index in [2.05, 4.69) is 88.3 Å². The lowest BCUT2D eigenvalue weighted by Crippen LogP contribution is -2.25. The molecule has 0 saturated heterocycles. The molecule has 142 valence electrons. The van der Waals surface area contributed by atoms with Gasteiger partial charge in [-0.1, -0.05) is 88.3 Å². The summed E-state index contributed by atoms with van der Waals surface area (Å²) < 4.78 is 0. The second-order valence-electron chi connectivity index (χ2n) is 10.8. The molecule has 2 heteroatoms. The Hall–Kier alpha value is -0.680. The molecular weight excluding hydrogens is 323 g/mol. The Morgan fingerprint density at radius 1 is 0.840 bits per heavy atom. The molecule has 0 spiro atoms. The molecular formula is C23H39OP. The molecule has 0 N–H and O–H groups in total. The van der Waals surface area contributed by atoms with Crippen LogP contribution in [-0.2, 0) is 16.2 Å². The van der Waals surface area contributed by atoms with Crippen molar-refractivity contribution in [3.8, 4) is 0 Å². The van der Waals surface area contributed by atoms with E-state index in [1.54, 1.807) is 0 Å². The van der Waals surface area contributed by atoms with Gasteiger partial charge in [0.2, 0.25) is 0 Å². The van der Waals surface area contributed by atoms with E-state index in [-0.39, 0.29) is 16.2 Å². The zero-order valence-electron chi connectivity index (χ0n) is 18.3. The Bertz CT molecular complexity index is 584. The molecule has 1 nitrogen and oxygen atoms in total. The highest BCUT2D eigenvalue weighted by Gasteiger charge is 2.31. The van der Waals surface area contributed by atoms with Crippen molar-refractivity contribution >= 4 is 14.1 Å². The second kappa shape index (κ2) is 7.51. The molecule has 0 aromatic heterocycles. The van der Waals surface area contributed by atoms with Crippen molar-refractivity contribution < 1.29 is 4.79 Å². The van der Waals surface area contributed by atoms with Crippen LogP contribution in [0.4, 0.5) is 0 Å². The summed E-state index contributed by atoms with van der Waals surface area (Å²) in [7, 11) is 0.359. The summed E-state index contributed by atoms with van der Waals surface area (Å²) in [4.78, 5) is 13.3. The van der Waals surface area contributed by atoms with Gasteiger partial charge in [-0.3, -0.25) is 4.79 Å². The van der Waals surface area contributed by atoms with E-state index in [0.717, 1.165) is 11.7 Å². The van der Waals surface area contributed by atoms with Crippen molar-refractivity contribution in [3.05, 3.63) is 34.4 Å². The lowest BCUT2D eigenvalue weighted by Gasteiger charge is -2.33. The van der Waals surface area contributed by atoms with Crippen LogP contribution in [0.15, 0.2) is 12.1 Å². The van der Waals surface area contributed by atoms with Gasteiger partial charge in [-0.2, -0.15) is 0 Å². The maximum absolute atomic E-state index is 13.3. The van der Waals surface area contributed by atoms with Gasteiger partial charge in [0, 0.05) is 5.56 Å². The zero-order valence-corrected chi connectivity index (χ0v) is 19.3. The van der Waals surface area contributed by atoms with E-state index in [0.29, 0.717) is 20.0 Å². The van der Waals surface area contributed by atoms with Gasteiger partial charge in [0.1, 0.15) is 0 Å². The van der Waals surface area contributed by atoms with Gasteiger partial charge in [-0.15, -0.1) is 0 Å². The number of hydrogen-bond donors (Lipinski definition) is 0. The molecule has 1 unspecified atom stereocenters. The molecule has 0 fully saturated rings. The van der Waals surface area contributed by atoms with Crippen LogP contribution >= 0.6 is 8.58 Å². The zero-order chi connectivity index (χ0) is 19.8. The first kappa shape index (κ1) is 22.4. The minimum absolute atomic E-state index is 0.0471. The summed E-state index contributed by atoms with van der Waals surface area (Å²) in [5, 5.41) is 0. The summed E-state index contributed by atoms with van der Waals surface area (Å²) >= 11 is 0. The summed E-state index contributed by atoms with van der Waals surface area (Å²) in [6, 6.07) is 4.59.